The Labute approximate surface area is 128 Å². The summed E-state index contributed by atoms with van der Waals surface area (Å²) < 4.78 is 5.47. The van der Waals surface area contributed by atoms with Crippen LogP contribution >= 0.6 is 0 Å². The van der Waals surface area contributed by atoms with Crippen LogP contribution in [0.5, 0.6) is 0 Å². The largest absolute Gasteiger partial charge is 0.379 e. The lowest BCUT2D eigenvalue weighted by molar-refractivity contribution is 0.0778. The molecular weight excluding hydrogens is 262 g/mol. The minimum atomic E-state index is 0.613. The van der Waals surface area contributed by atoms with Crippen molar-refractivity contribution in [3.8, 4) is 0 Å². The molecule has 1 fully saturated rings. The van der Waals surface area contributed by atoms with Crippen LogP contribution in [0.25, 0.3) is 0 Å². The van der Waals surface area contributed by atoms with E-state index in [1.54, 1.807) is 0 Å². The van der Waals surface area contributed by atoms with E-state index >= 15 is 0 Å². The Balaban J connectivity index is 1.65. The summed E-state index contributed by atoms with van der Waals surface area (Å²) in [7, 11) is 2.21. The third kappa shape index (κ3) is 5.75. The van der Waals surface area contributed by atoms with Gasteiger partial charge in [0.25, 0.3) is 0 Å². The van der Waals surface area contributed by atoms with Gasteiger partial charge in [-0.05, 0) is 38.5 Å². The molecule has 1 aromatic rings. The van der Waals surface area contributed by atoms with E-state index in [0.29, 0.717) is 19.2 Å². The van der Waals surface area contributed by atoms with Crippen LogP contribution < -0.4 is 5.73 Å². The Morgan fingerprint density at radius 3 is 2.57 bits per heavy atom. The number of ether oxygens (including phenoxy) is 1. The zero-order valence-electron chi connectivity index (χ0n) is 13.2. The highest BCUT2D eigenvalue weighted by molar-refractivity contribution is 5.14. The topological polar surface area (TPSA) is 41.7 Å². The molecule has 21 heavy (non-hydrogen) atoms. The van der Waals surface area contributed by atoms with E-state index in [2.05, 4.69) is 47.2 Å². The minimum Gasteiger partial charge on any atom is -0.379 e. The first-order valence-electron chi connectivity index (χ1n) is 8.04. The molecule has 0 aromatic heterocycles. The molecule has 2 N–H and O–H groups in total. The summed E-state index contributed by atoms with van der Waals surface area (Å²) in [5.41, 5.74) is 6.84. The van der Waals surface area contributed by atoms with Crippen LogP contribution in [0.15, 0.2) is 30.3 Å². The number of rotatable bonds is 8. The van der Waals surface area contributed by atoms with Crippen molar-refractivity contribution in [1.82, 2.24) is 9.80 Å². The molecule has 4 heteroatoms. The average molecular weight is 291 g/mol. The summed E-state index contributed by atoms with van der Waals surface area (Å²) in [6, 6.07) is 11.4. The van der Waals surface area contributed by atoms with Gasteiger partial charge in [0, 0.05) is 25.7 Å². The standard InChI is InChI=1S/C17H29N3O/c1-19(12-14-21-13-9-18)17-7-10-20(11-8-17)15-16-5-3-2-4-6-16/h2-6,17H,7-15,18H2,1H3. The fourth-order valence-corrected chi connectivity index (χ4v) is 2.94. The maximum Gasteiger partial charge on any atom is 0.0594 e. The van der Waals surface area contributed by atoms with Crippen molar-refractivity contribution in [2.45, 2.75) is 25.4 Å². The summed E-state index contributed by atoms with van der Waals surface area (Å²) in [6.45, 7) is 6.53. The number of hydrogen-bond acceptors (Lipinski definition) is 4. The van der Waals surface area contributed by atoms with Crippen molar-refractivity contribution >= 4 is 0 Å². The zero-order chi connectivity index (χ0) is 14.9. The Morgan fingerprint density at radius 2 is 1.90 bits per heavy atom. The summed E-state index contributed by atoms with van der Waals surface area (Å²) in [6.07, 6.45) is 2.50. The monoisotopic (exact) mass is 291 g/mol. The molecule has 0 radical (unpaired) electrons. The maximum atomic E-state index is 5.47. The molecule has 118 valence electrons. The van der Waals surface area contributed by atoms with Gasteiger partial charge in [-0.25, -0.2) is 0 Å². The maximum absolute atomic E-state index is 5.47. The van der Waals surface area contributed by atoms with Crippen molar-refractivity contribution < 1.29 is 4.74 Å². The quantitative estimate of drug-likeness (QED) is 0.738. The highest BCUT2D eigenvalue weighted by Crippen LogP contribution is 2.17. The summed E-state index contributed by atoms with van der Waals surface area (Å²) in [4.78, 5) is 5.00. The van der Waals surface area contributed by atoms with Gasteiger partial charge in [-0.1, -0.05) is 30.3 Å². The molecule has 0 amide bonds. The SMILES string of the molecule is CN(CCOCCN)C1CCN(Cc2ccccc2)CC1. The number of likely N-dealkylation sites (tertiary alicyclic amines) is 1. The normalized spacial score (nSPS) is 17.5. The lowest BCUT2D eigenvalue weighted by atomic mass is 10.0. The molecule has 0 saturated carbocycles. The van der Waals surface area contributed by atoms with Gasteiger partial charge in [-0.2, -0.15) is 0 Å². The number of likely N-dealkylation sites (N-methyl/N-ethyl adjacent to an activating group) is 1. The van der Waals surface area contributed by atoms with Crippen LogP contribution in [-0.4, -0.2) is 62.3 Å². The fourth-order valence-electron chi connectivity index (χ4n) is 2.94. The molecule has 1 heterocycles. The third-order valence-electron chi connectivity index (χ3n) is 4.28. The van der Waals surface area contributed by atoms with Crippen molar-refractivity contribution in [2.24, 2.45) is 5.73 Å². The number of nitrogens with two attached hydrogens (primary N) is 1. The average Bonchev–Trinajstić information content (AvgIpc) is 2.53. The smallest absolute Gasteiger partial charge is 0.0594 e. The summed E-state index contributed by atoms with van der Waals surface area (Å²) >= 11 is 0. The van der Waals surface area contributed by atoms with Gasteiger partial charge >= 0.3 is 0 Å². The molecule has 0 bridgehead atoms. The molecule has 0 unspecified atom stereocenters. The highest BCUT2D eigenvalue weighted by Gasteiger charge is 2.22. The van der Waals surface area contributed by atoms with Crippen LogP contribution in [0.3, 0.4) is 0 Å². The van der Waals surface area contributed by atoms with E-state index in [4.69, 9.17) is 10.5 Å². The van der Waals surface area contributed by atoms with Gasteiger partial charge in [-0.15, -0.1) is 0 Å². The number of nitrogens with zero attached hydrogens (tertiary/aromatic N) is 2. The van der Waals surface area contributed by atoms with Gasteiger partial charge in [-0.3, -0.25) is 4.90 Å². The Morgan fingerprint density at radius 1 is 1.19 bits per heavy atom. The molecule has 1 aliphatic heterocycles. The highest BCUT2D eigenvalue weighted by atomic mass is 16.5. The van der Waals surface area contributed by atoms with Crippen LogP contribution in [0.2, 0.25) is 0 Å². The first-order valence-corrected chi connectivity index (χ1v) is 8.04. The molecule has 0 spiro atoms. The zero-order valence-corrected chi connectivity index (χ0v) is 13.2. The number of hydrogen-bond donors (Lipinski definition) is 1. The molecule has 1 aliphatic rings. The Kier molecular flexibility index (Phi) is 7.16. The molecule has 2 rings (SSSR count). The lowest BCUT2D eigenvalue weighted by Crippen LogP contribution is -2.44. The van der Waals surface area contributed by atoms with Crippen LogP contribution in [0.1, 0.15) is 18.4 Å². The van der Waals surface area contributed by atoms with Gasteiger partial charge in [0.15, 0.2) is 0 Å². The molecule has 0 aliphatic carbocycles. The first kappa shape index (κ1) is 16.4. The number of benzene rings is 1. The van der Waals surface area contributed by atoms with Crippen LogP contribution in [0.4, 0.5) is 0 Å². The summed E-state index contributed by atoms with van der Waals surface area (Å²) in [5.74, 6) is 0. The van der Waals surface area contributed by atoms with Crippen molar-refractivity contribution in [2.75, 3.05) is 46.4 Å². The second kappa shape index (κ2) is 9.15. The Bertz CT molecular complexity index is 377. The fraction of sp³-hybridized carbons (Fsp3) is 0.647. The van der Waals surface area contributed by atoms with E-state index < -0.39 is 0 Å². The third-order valence-corrected chi connectivity index (χ3v) is 4.28. The van der Waals surface area contributed by atoms with Crippen LogP contribution in [0, 0.1) is 0 Å². The van der Waals surface area contributed by atoms with Crippen LogP contribution in [-0.2, 0) is 11.3 Å². The van der Waals surface area contributed by atoms with Gasteiger partial charge < -0.3 is 15.4 Å². The predicted molar refractivity (Wildman–Crippen MR) is 87.2 cm³/mol. The van der Waals surface area contributed by atoms with E-state index in [1.807, 2.05) is 0 Å². The van der Waals surface area contributed by atoms with Crippen molar-refractivity contribution in [3.05, 3.63) is 35.9 Å². The molecule has 1 aromatic carbocycles. The first-order chi connectivity index (χ1) is 10.3. The second-order valence-electron chi connectivity index (χ2n) is 5.87. The summed E-state index contributed by atoms with van der Waals surface area (Å²) in [5, 5.41) is 0. The van der Waals surface area contributed by atoms with Gasteiger partial charge in [0.05, 0.1) is 13.2 Å². The van der Waals surface area contributed by atoms with E-state index in [1.165, 1.54) is 31.5 Å². The molecular formula is C17H29N3O. The van der Waals surface area contributed by atoms with Gasteiger partial charge in [0.1, 0.15) is 0 Å². The molecule has 0 atom stereocenters. The Hall–Kier alpha value is -0.940. The molecule has 1 saturated heterocycles. The molecule has 4 nitrogen and oxygen atoms in total. The van der Waals surface area contributed by atoms with Gasteiger partial charge in [0.2, 0.25) is 0 Å². The van der Waals surface area contributed by atoms with Crippen molar-refractivity contribution in [1.29, 1.82) is 0 Å². The van der Waals surface area contributed by atoms with Crippen molar-refractivity contribution in [3.63, 3.8) is 0 Å². The second-order valence-corrected chi connectivity index (χ2v) is 5.87. The van der Waals surface area contributed by atoms with E-state index in [-0.39, 0.29) is 0 Å². The van der Waals surface area contributed by atoms with E-state index in [0.717, 1.165) is 19.7 Å². The minimum absolute atomic E-state index is 0.613. The predicted octanol–water partition coefficient (Wildman–Crippen LogP) is 1.56. The number of piperidine rings is 1. The van der Waals surface area contributed by atoms with E-state index in [9.17, 15) is 0 Å². The lowest BCUT2D eigenvalue weighted by Gasteiger charge is -2.36.